The van der Waals surface area contributed by atoms with Crippen LogP contribution in [0.4, 0.5) is 4.79 Å². The minimum atomic E-state index is 0.124. The number of carbonyl (C=O) groups excluding carboxylic acids is 1. The zero-order chi connectivity index (χ0) is 16.4. The molecule has 1 saturated carbocycles. The summed E-state index contributed by atoms with van der Waals surface area (Å²) in [6.45, 7) is 8.13. The number of aryl methyl sites for hydroxylation is 1. The number of hydrogen-bond acceptors (Lipinski definition) is 2. The van der Waals surface area contributed by atoms with Crippen molar-refractivity contribution in [2.24, 2.45) is 0 Å². The molecule has 0 bridgehead atoms. The lowest BCUT2D eigenvalue weighted by atomic mass is 9.96. The van der Waals surface area contributed by atoms with E-state index < -0.39 is 0 Å². The Hall–Kier alpha value is -1.52. The summed E-state index contributed by atoms with van der Waals surface area (Å²) < 4.78 is 2.31. The zero-order valence-corrected chi connectivity index (χ0v) is 14.7. The summed E-state index contributed by atoms with van der Waals surface area (Å²) in [7, 11) is 0. The van der Waals surface area contributed by atoms with Crippen molar-refractivity contribution in [3.63, 3.8) is 0 Å². The standard InChI is InChI=1S/C18H30N4O/c1-13(2)22-14(3)11-19-17(22)15-9-10-21(12-15)18(23)20-16-7-5-4-6-8-16/h11,13,15-16H,4-10,12H2,1-3H3,(H,20,23). The number of hydrogen-bond donors (Lipinski definition) is 1. The fourth-order valence-corrected chi connectivity index (χ4v) is 4.11. The van der Waals surface area contributed by atoms with Crippen LogP contribution in [-0.4, -0.2) is 39.6 Å². The van der Waals surface area contributed by atoms with Crippen molar-refractivity contribution in [1.29, 1.82) is 0 Å². The van der Waals surface area contributed by atoms with Gasteiger partial charge in [0, 0.05) is 43.0 Å². The van der Waals surface area contributed by atoms with Crippen molar-refractivity contribution in [2.75, 3.05) is 13.1 Å². The molecule has 1 unspecified atom stereocenters. The van der Waals surface area contributed by atoms with E-state index >= 15 is 0 Å². The minimum absolute atomic E-state index is 0.124. The molecule has 0 radical (unpaired) electrons. The Kier molecular flexibility index (Phi) is 4.93. The molecule has 1 saturated heterocycles. The molecule has 0 aromatic carbocycles. The van der Waals surface area contributed by atoms with Crippen LogP contribution in [0.2, 0.25) is 0 Å². The Bertz CT molecular complexity index is 545. The molecule has 1 aliphatic heterocycles. The van der Waals surface area contributed by atoms with Gasteiger partial charge in [-0.25, -0.2) is 9.78 Å². The second kappa shape index (κ2) is 6.93. The van der Waals surface area contributed by atoms with Crippen molar-refractivity contribution in [3.8, 4) is 0 Å². The average molecular weight is 318 g/mol. The van der Waals surface area contributed by atoms with E-state index in [9.17, 15) is 4.79 Å². The number of urea groups is 1. The van der Waals surface area contributed by atoms with Crippen LogP contribution in [0.25, 0.3) is 0 Å². The van der Waals surface area contributed by atoms with Crippen molar-refractivity contribution >= 4 is 6.03 Å². The number of likely N-dealkylation sites (tertiary alicyclic amines) is 1. The van der Waals surface area contributed by atoms with Crippen molar-refractivity contribution in [3.05, 3.63) is 17.7 Å². The van der Waals surface area contributed by atoms with E-state index in [0.717, 1.165) is 38.2 Å². The van der Waals surface area contributed by atoms with Gasteiger partial charge in [-0.05, 0) is 40.0 Å². The summed E-state index contributed by atoms with van der Waals surface area (Å²) in [5, 5.41) is 3.24. The number of amides is 2. The van der Waals surface area contributed by atoms with Gasteiger partial charge < -0.3 is 14.8 Å². The molecule has 2 amide bonds. The summed E-state index contributed by atoms with van der Waals surface area (Å²) in [6.07, 6.45) is 9.06. The van der Waals surface area contributed by atoms with Crippen LogP contribution in [0.3, 0.4) is 0 Å². The maximum Gasteiger partial charge on any atom is 0.317 e. The molecule has 128 valence electrons. The molecular weight excluding hydrogens is 288 g/mol. The highest BCUT2D eigenvalue weighted by atomic mass is 16.2. The summed E-state index contributed by atoms with van der Waals surface area (Å²) in [5.41, 5.74) is 1.21. The number of carbonyl (C=O) groups is 1. The van der Waals surface area contributed by atoms with Crippen LogP contribution in [0, 0.1) is 6.92 Å². The van der Waals surface area contributed by atoms with Crippen molar-refractivity contribution in [1.82, 2.24) is 19.8 Å². The maximum absolute atomic E-state index is 12.5. The fraction of sp³-hybridized carbons (Fsp3) is 0.778. The van der Waals surface area contributed by atoms with E-state index in [4.69, 9.17) is 0 Å². The number of rotatable bonds is 3. The zero-order valence-electron chi connectivity index (χ0n) is 14.7. The monoisotopic (exact) mass is 318 g/mol. The van der Waals surface area contributed by atoms with Crippen LogP contribution in [0.5, 0.6) is 0 Å². The molecule has 5 heteroatoms. The first kappa shape index (κ1) is 16.3. The first-order chi connectivity index (χ1) is 11.1. The molecule has 1 N–H and O–H groups in total. The summed E-state index contributed by atoms with van der Waals surface area (Å²) >= 11 is 0. The predicted octanol–water partition coefficient (Wildman–Crippen LogP) is 3.60. The van der Waals surface area contributed by atoms with E-state index in [0.29, 0.717) is 18.0 Å². The minimum Gasteiger partial charge on any atom is -0.335 e. The topological polar surface area (TPSA) is 50.2 Å². The first-order valence-corrected chi connectivity index (χ1v) is 9.15. The lowest BCUT2D eigenvalue weighted by molar-refractivity contribution is 0.200. The fourth-order valence-electron chi connectivity index (χ4n) is 4.11. The van der Waals surface area contributed by atoms with Gasteiger partial charge in [-0.15, -0.1) is 0 Å². The van der Waals surface area contributed by atoms with Gasteiger partial charge in [-0.3, -0.25) is 0 Å². The molecule has 5 nitrogen and oxygen atoms in total. The molecule has 0 spiro atoms. The third-order valence-corrected chi connectivity index (χ3v) is 5.30. The largest absolute Gasteiger partial charge is 0.335 e. The number of imidazole rings is 1. The second-order valence-electron chi connectivity index (χ2n) is 7.44. The van der Waals surface area contributed by atoms with Gasteiger partial charge >= 0.3 is 6.03 Å². The normalized spacial score (nSPS) is 22.8. The van der Waals surface area contributed by atoms with Gasteiger partial charge in [0.1, 0.15) is 5.82 Å². The molecule has 1 aliphatic carbocycles. The van der Waals surface area contributed by atoms with Crippen molar-refractivity contribution < 1.29 is 4.79 Å². The van der Waals surface area contributed by atoms with Crippen LogP contribution in [-0.2, 0) is 0 Å². The Balaban J connectivity index is 1.61. The van der Waals surface area contributed by atoms with E-state index in [1.165, 1.54) is 25.0 Å². The van der Waals surface area contributed by atoms with Crippen LogP contribution in [0.15, 0.2) is 6.20 Å². The van der Waals surface area contributed by atoms with Gasteiger partial charge in [0.05, 0.1) is 0 Å². The Morgan fingerprint density at radius 2 is 2.00 bits per heavy atom. The molecule has 1 aromatic heterocycles. The highest BCUT2D eigenvalue weighted by molar-refractivity contribution is 5.75. The molecular formula is C18H30N4O. The van der Waals surface area contributed by atoms with Gasteiger partial charge in [-0.2, -0.15) is 0 Å². The molecule has 2 fully saturated rings. The van der Waals surface area contributed by atoms with Crippen molar-refractivity contribution in [2.45, 2.75) is 77.3 Å². The molecule has 2 heterocycles. The lowest BCUT2D eigenvalue weighted by Crippen LogP contribution is -2.44. The number of nitrogens with zero attached hydrogens (tertiary/aromatic N) is 3. The van der Waals surface area contributed by atoms with Crippen LogP contribution in [0.1, 0.15) is 75.9 Å². The SMILES string of the molecule is Cc1cnc(C2CCN(C(=O)NC3CCCCC3)C2)n1C(C)C. The highest BCUT2D eigenvalue weighted by Gasteiger charge is 2.31. The summed E-state index contributed by atoms with van der Waals surface area (Å²) in [6, 6.07) is 0.923. The average Bonchev–Trinajstić information content (AvgIpc) is 3.14. The Labute approximate surface area is 139 Å². The first-order valence-electron chi connectivity index (χ1n) is 9.15. The van der Waals surface area contributed by atoms with Crippen LogP contribution >= 0.6 is 0 Å². The third kappa shape index (κ3) is 3.54. The highest BCUT2D eigenvalue weighted by Crippen LogP contribution is 2.29. The molecule has 1 aromatic rings. The lowest BCUT2D eigenvalue weighted by Gasteiger charge is -2.26. The molecule has 1 atom stereocenters. The summed E-state index contributed by atoms with van der Waals surface area (Å²) in [5.74, 6) is 1.51. The van der Waals surface area contributed by atoms with Gasteiger partial charge in [0.15, 0.2) is 0 Å². The molecule has 23 heavy (non-hydrogen) atoms. The molecule has 3 rings (SSSR count). The van der Waals surface area contributed by atoms with Gasteiger partial charge in [-0.1, -0.05) is 19.3 Å². The number of aromatic nitrogens is 2. The Morgan fingerprint density at radius 3 is 2.70 bits per heavy atom. The van der Waals surface area contributed by atoms with E-state index in [1.807, 2.05) is 11.1 Å². The van der Waals surface area contributed by atoms with Gasteiger partial charge in [0.25, 0.3) is 0 Å². The smallest absolute Gasteiger partial charge is 0.317 e. The maximum atomic E-state index is 12.5. The summed E-state index contributed by atoms with van der Waals surface area (Å²) in [4.78, 5) is 19.1. The van der Waals surface area contributed by atoms with E-state index in [1.54, 1.807) is 0 Å². The Morgan fingerprint density at radius 1 is 1.26 bits per heavy atom. The number of nitrogens with one attached hydrogen (secondary N) is 1. The van der Waals surface area contributed by atoms with E-state index in [2.05, 4.69) is 35.6 Å². The van der Waals surface area contributed by atoms with Gasteiger partial charge in [0.2, 0.25) is 0 Å². The quantitative estimate of drug-likeness (QED) is 0.925. The van der Waals surface area contributed by atoms with Crippen LogP contribution < -0.4 is 5.32 Å². The third-order valence-electron chi connectivity index (χ3n) is 5.30. The second-order valence-corrected chi connectivity index (χ2v) is 7.44. The predicted molar refractivity (Wildman–Crippen MR) is 91.7 cm³/mol. The molecule has 2 aliphatic rings. The van der Waals surface area contributed by atoms with E-state index in [-0.39, 0.29) is 6.03 Å².